The molecule has 2 aromatic heterocycles. The molecule has 0 aliphatic carbocycles. The minimum Gasteiger partial charge on any atom is -0.340 e. The molecule has 0 radical (unpaired) electrons. The van der Waals surface area contributed by atoms with Crippen LogP contribution in [0.25, 0.3) is 0 Å². The summed E-state index contributed by atoms with van der Waals surface area (Å²) in [7, 11) is 0. The van der Waals surface area contributed by atoms with E-state index in [1.807, 2.05) is 49.7 Å². The van der Waals surface area contributed by atoms with Gasteiger partial charge in [-0.1, -0.05) is 0 Å². The van der Waals surface area contributed by atoms with Gasteiger partial charge in [-0.3, -0.25) is 14.6 Å². The highest BCUT2D eigenvalue weighted by Gasteiger charge is 2.32. The van der Waals surface area contributed by atoms with Crippen molar-refractivity contribution in [1.82, 2.24) is 24.9 Å². The first kappa shape index (κ1) is 14.8. The van der Waals surface area contributed by atoms with Crippen molar-refractivity contribution in [3.63, 3.8) is 0 Å². The van der Waals surface area contributed by atoms with E-state index in [0.29, 0.717) is 0 Å². The number of carbonyl (C=O) groups is 1. The average Bonchev–Trinajstić information content (AvgIpc) is 3.18. The van der Waals surface area contributed by atoms with Gasteiger partial charge in [-0.25, -0.2) is 0 Å². The molecule has 1 N–H and O–H groups in total. The molecule has 6 heteroatoms. The van der Waals surface area contributed by atoms with Crippen molar-refractivity contribution < 1.29 is 4.79 Å². The lowest BCUT2D eigenvalue weighted by Gasteiger charge is -2.21. The van der Waals surface area contributed by atoms with E-state index in [9.17, 15) is 4.79 Å². The first-order chi connectivity index (χ1) is 10.5. The molecule has 1 fully saturated rings. The molecule has 3 rings (SSSR count). The molecule has 0 saturated carbocycles. The van der Waals surface area contributed by atoms with Crippen LogP contribution in [0.3, 0.4) is 0 Å². The summed E-state index contributed by atoms with van der Waals surface area (Å²) < 4.78 is 1.99. The number of carbonyl (C=O) groups excluding carboxylic acids is 1. The Hall–Kier alpha value is -2.11. The molecule has 2 aromatic rings. The van der Waals surface area contributed by atoms with E-state index in [1.165, 1.54) is 0 Å². The van der Waals surface area contributed by atoms with E-state index in [1.54, 1.807) is 0 Å². The smallest absolute Gasteiger partial charge is 0.230 e. The minimum absolute atomic E-state index is 0.156. The SMILES string of the molecule is Cc1cnn(C2CCN(C(=O)C(C)c3c(C)n[nH]c3C)C2)c1. The van der Waals surface area contributed by atoms with Gasteiger partial charge >= 0.3 is 0 Å². The van der Waals surface area contributed by atoms with Gasteiger partial charge in [0.05, 0.1) is 23.9 Å². The van der Waals surface area contributed by atoms with Gasteiger partial charge in [0.2, 0.25) is 5.91 Å². The Morgan fingerprint density at radius 3 is 2.77 bits per heavy atom. The quantitative estimate of drug-likeness (QED) is 0.944. The number of rotatable bonds is 3. The molecule has 118 valence electrons. The molecule has 0 spiro atoms. The summed E-state index contributed by atoms with van der Waals surface area (Å²) in [6.07, 6.45) is 4.88. The van der Waals surface area contributed by atoms with Crippen LogP contribution in [-0.4, -0.2) is 43.9 Å². The number of aryl methyl sites for hydroxylation is 3. The monoisotopic (exact) mass is 301 g/mol. The van der Waals surface area contributed by atoms with E-state index < -0.39 is 0 Å². The predicted molar refractivity (Wildman–Crippen MR) is 83.7 cm³/mol. The second kappa shape index (κ2) is 5.59. The molecule has 2 unspecified atom stereocenters. The maximum atomic E-state index is 12.8. The molecule has 3 heterocycles. The predicted octanol–water partition coefficient (Wildman–Crippen LogP) is 2.11. The lowest BCUT2D eigenvalue weighted by Crippen LogP contribution is -2.33. The lowest BCUT2D eigenvalue weighted by molar-refractivity contribution is -0.131. The topological polar surface area (TPSA) is 66.8 Å². The molecule has 22 heavy (non-hydrogen) atoms. The fourth-order valence-corrected chi connectivity index (χ4v) is 3.39. The molecule has 0 aromatic carbocycles. The summed E-state index contributed by atoms with van der Waals surface area (Å²) in [6.45, 7) is 9.45. The van der Waals surface area contributed by atoms with Crippen LogP contribution in [0.2, 0.25) is 0 Å². The second-order valence-electron chi connectivity index (χ2n) is 6.29. The Morgan fingerprint density at radius 1 is 1.41 bits per heavy atom. The van der Waals surface area contributed by atoms with Crippen molar-refractivity contribution in [2.24, 2.45) is 0 Å². The lowest BCUT2D eigenvalue weighted by atomic mass is 9.98. The first-order valence-corrected chi connectivity index (χ1v) is 7.78. The Labute approximate surface area is 130 Å². The van der Waals surface area contributed by atoms with Crippen LogP contribution in [0.1, 0.15) is 47.8 Å². The van der Waals surface area contributed by atoms with E-state index >= 15 is 0 Å². The fraction of sp³-hybridized carbons (Fsp3) is 0.562. The number of nitrogens with one attached hydrogen (secondary N) is 1. The molecule has 1 aliphatic heterocycles. The number of H-pyrrole nitrogens is 1. The maximum absolute atomic E-state index is 12.8. The van der Waals surface area contributed by atoms with Gasteiger partial charge in [0.1, 0.15) is 0 Å². The van der Waals surface area contributed by atoms with Crippen molar-refractivity contribution >= 4 is 5.91 Å². The number of hydrogen-bond donors (Lipinski definition) is 1. The number of hydrogen-bond acceptors (Lipinski definition) is 3. The van der Waals surface area contributed by atoms with Crippen molar-refractivity contribution in [3.8, 4) is 0 Å². The normalized spacial score (nSPS) is 19.6. The van der Waals surface area contributed by atoms with E-state index in [2.05, 4.69) is 15.3 Å². The highest BCUT2D eigenvalue weighted by Crippen LogP contribution is 2.28. The third-order valence-corrected chi connectivity index (χ3v) is 4.57. The molecule has 1 aliphatic rings. The molecule has 0 bridgehead atoms. The van der Waals surface area contributed by atoms with Gasteiger partial charge in [-0.15, -0.1) is 0 Å². The van der Waals surface area contributed by atoms with Gasteiger partial charge < -0.3 is 4.90 Å². The summed E-state index contributed by atoms with van der Waals surface area (Å²) in [6, 6.07) is 0.288. The van der Waals surface area contributed by atoms with Crippen molar-refractivity contribution in [2.75, 3.05) is 13.1 Å². The maximum Gasteiger partial charge on any atom is 0.230 e. The van der Waals surface area contributed by atoms with Crippen LogP contribution in [0.4, 0.5) is 0 Å². The standard InChI is InChI=1S/C16H23N5O/c1-10-7-17-21(8-10)14-5-6-20(9-14)16(22)11(2)15-12(3)18-19-13(15)4/h7-8,11,14H,5-6,9H2,1-4H3,(H,18,19). The second-order valence-corrected chi connectivity index (χ2v) is 6.29. The van der Waals surface area contributed by atoms with Gasteiger partial charge in [-0.2, -0.15) is 10.2 Å². The number of aromatic nitrogens is 4. The highest BCUT2D eigenvalue weighted by atomic mass is 16.2. The van der Waals surface area contributed by atoms with Gasteiger partial charge in [0, 0.05) is 30.5 Å². The summed E-state index contributed by atoms with van der Waals surface area (Å²) in [5.41, 5.74) is 4.08. The van der Waals surface area contributed by atoms with Crippen LogP contribution < -0.4 is 0 Å². The van der Waals surface area contributed by atoms with Gasteiger partial charge in [-0.05, 0) is 39.7 Å². The minimum atomic E-state index is -0.156. The van der Waals surface area contributed by atoms with Crippen LogP contribution in [0.5, 0.6) is 0 Å². The van der Waals surface area contributed by atoms with Gasteiger partial charge in [0.25, 0.3) is 0 Å². The summed E-state index contributed by atoms with van der Waals surface area (Å²) in [5.74, 6) is 0.0239. The number of aromatic amines is 1. The van der Waals surface area contributed by atoms with E-state index in [0.717, 1.165) is 42.0 Å². The number of likely N-dealkylation sites (tertiary alicyclic amines) is 1. The summed E-state index contributed by atoms with van der Waals surface area (Å²) >= 11 is 0. The first-order valence-electron chi connectivity index (χ1n) is 7.78. The zero-order valence-corrected chi connectivity index (χ0v) is 13.6. The average molecular weight is 301 g/mol. The largest absolute Gasteiger partial charge is 0.340 e. The molecular formula is C16H23N5O. The molecule has 1 saturated heterocycles. The van der Waals surface area contributed by atoms with Crippen molar-refractivity contribution in [2.45, 2.75) is 46.1 Å². The number of nitrogens with zero attached hydrogens (tertiary/aromatic N) is 4. The van der Waals surface area contributed by atoms with Crippen LogP contribution in [0, 0.1) is 20.8 Å². The fourth-order valence-electron chi connectivity index (χ4n) is 3.39. The Kier molecular flexibility index (Phi) is 3.76. The third kappa shape index (κ3) is 2.53. The Balaban J connectivity index is 1.71. The zero-order valence-electron chi connectivity index (χ0n) is 13.6. The van der Waals surface area contributed by atoms with Crippen LogP contribution in [-0.2, 0) is 4.79 Å². The number of amides is 1. The molecule has 6 nitrogen and oxygen atoms in total. The Morgan fingerprint density at radius 2 is 2.18 bits per heavy atom. The Bertz CT molecular complexity index is 667. The third-order valence-electron chi connectivity index (χ3n) is 4.57. The molecule has 2 atom stereocenters. The van der Waals surface area contributed by atoms with Gasteiger partial charge in [0.15, 0.2) is 0 Å². The summed E-state index contributed by atoms with van der Waals surface area (Å²) in [5, 5.41) is 11.5. The summed E-state index contributed by atoms with van der Waals surface area (Å²) in [4.78, 5) is 14.7. The zero-order chi connectivity index (χ0) is 15.9. The molecule has 1 amide bonds. The van der Waals surface area contributed by atoms with Crippen LogP contribution >= 0.6 is 0 Å². The van der Waals surface area contributed by atoms with E-state index in [-0.39, 0.29) is 17.9 Å². The van der Waals surface area contributed by atoms with Crippen molar-refractivity contribution in [1.29, 1.82) is 0 Å². The van der Waals surface area contributed by atoms with Crippen LogP contribution in [0.15, 0.2) is 12.4 Å². The van der Waals surface area contributed by atoms with E-state index in [4.69, 9.17) is 0 Å². The van der Waals surface area contributed by atoms with Crippen molar-refractivity contribution in [3.05, 3.63) is 34.9 Å². The highest BCUT2D eigenvalue weighted by molar-refractivity contribution is 5.84. The molecular weight excluding hydrogens is 278 g/mol.